The van der Waals surface area contributed by atoms with E-state index < -0.39 is 17.8 Å². The molecule has 0 unspecified atom stereocenters. The third-order valence-electron chi connectivity index (χ3n) is 3.48. The second kappa shape index (κ2) is 4.92. The largest absolute Gasteiger partial charge is 0.359 e. The molecular weight excluding hydrogens is 258 g/mol. The minimum Gasteiger partial charge on any atom is -0.325 e. The number of hydroxylamine groups is 2. The van der Waals surface area contributed by atoms with Crippen LogP contribution in [0.2, 0.25) is 0 Å². The molecule has 1 aliphatic carbocycles. The van der Waals surface area contributed by atoms with Crippen LogP contribution in [0.25, 0.3) is 0 Å². The molecule has 102 valence electrons. The third-order valence-corrected chi connectivity index (χ3v) is 3.48. The molecule has 1 aliphatic heterocycles. The molecule has 2 amide bonds. The van der Waals surface area contributed by atoms with E-state index in [1.807, 2.05) is 6.08 Å². The van der Waals surface area contributed by atoms with E-state index in [-0.39, 0.29) is 11.1 Å². The first kappa shape index (κ1) is 12.6. The summed E-state index contributed by atoms with van der Waals surface area (Å²) in [5, 5.41) is 0.558. The highest BCUT2D eigenvalue weighted by Crippen LogP contribution is 2.25. The van der Waals surface area contributed by atoms with Crippen molar-refractivity contribution in [3.63, 3.8) is 0 Å². The fourth-order valence-electron chi connectivity index (χ4n) is 2.42. The van der Waals surface area contributed by atoms with Gasteiger partial charge in [0, 0.05) is 5.57 Å². The SMILES string of the molecule is O=C(ON1C(=O)c2ccccc2C1=O)C1=CCCCC1. The van der Waals surface area contributed by atoms with Crippen LogP contribution in [0.3, 0.4) is 0 Å². The molecule has 0 atom stereocenters. The molecule has 3 rings (SSSR count). The summed E-state index contributed by atoms with van der Waals surface area (Å²) in [7, 11) is 0. The van der Waals surface area contributed by atoms with Gasteiger partial charge in [-0.1, -0.05) is 23.3 Å². The van der Waals surface area contributed by atoms with E-state index in [1.54, 1.807) is 24.3 Å². The van der Waals surface area contributed by atoms with Gasteiger partial charge in [-0.3, -0.25) is 9.59 Å². The molecule has 0 spiro atoms. The average molecular weight is 271 g/mol. The van der Waals surface area contributed by atoms with Gasteiger partial charge in [-0.2, -0.15) is 0 Å². The number of amides is 2. The van der Waals surface area contributed by atoms with Gasteiger partial charge < -0.3 is 4.84 Å². The van der Waals surface area contributed by atoms with Crippen LogP contribution in [-0.2, 0) is 9.63 Å². The lowest BCUT2D eigenvalue weighted by molar-refractivity contribution is -0.163. The Labute approximate surface area is 115 Å². The first-order valence-corrected chi connectivity index (χ1v) is 6.57. The predicted molar refractivity (Wildman–Crippen MR) is 69.6 cm³/mol. The highest BCUT2D eigenvalue weighted by atomic mass is 16.7. The highest BCUT2D eigenvalue weighted by molar-refractivity contribution is 6.21. The Balaban J connectivity index is 1.80. The fourth-order valence-corrected chi connectivity index (χ4v) is 2.42. The van der Waals surface area contributed by atoms with Crippen LogP contribution >= 0.6 is 0 Å². The molecular formula is C15H13NO4. The Kier molecular flexibility index (Phi) is 3.10. The minimum atomic E-state index is -0.612. The van der Waals surface area contributed by atoms with E-state index in [0.717, 1.165) is 19.3 Å². The zero-order chi connectivity index (χ0) is 14.1. The molecule has 5 heteroatoms. The molecule has 0 bridgehead atoms. The van der Waals surface area contributed by atoms with Crippen molar-refractivity contribution in [2.45, 2.75) is 25.7 Å². The number of carbonyl (C=O) groups excluding carboxylic acids is 3. The summed E-state index contributed by atoms with van der Waals surface area (Å²) < 4.78 is 0. The number of carbonyl (C=O) groups is 3. The van der Waals surface area contributed by atoms with Gasteiger partial charge in [-0.15, -0.1) is 0 Å². The molecule has 0 saturated carbocycles. The van der Waals surface area contributed by atoms with E-state index in [4.69, 9.17) is 4.84 Å². The van der Waals surface area contributed by atoms with E-state index in [0.29, 0.717) is 17.1 Å². The van der Waals surface area contributed by atoms with E-state index in [1.165, 1.54) is 0 Å². The zero-order valence-corrected chi connectivity index (χ0v) is 10.8. The smallest absolute Gasteiger partial charge is 0.325 e. The number of allylic oxidation sites excluding steroid dienone is 1. The van der Waals surface area contributed by atoms with Crippen LogP contribution in [-0.4, -0.2) is 22.8 Å². The van der Waals surface area contributed by atoms with Crippen molar-refractivity contribution in [1.29, 1.82) is 0 Å². The van der Waals surface area contributed by atoms with Crippen molar-refractivity contribution in [2.24, 2.45) is 0 Å². The maximum atomic E-state index is 12.0. The maximum Gasteiger partial charge on any atom is 0.359 e. The summed E-state index contributed by atoms with van der Waals surface area (Å²) in [5.41, 5.74) is 1.07. The number of hydrogen-bond acceptors (Lipinski definition) is 4. The Morgan fingerprint density at radius 3 is 2.25 bits per heavy atom. The number of benzene rings is 1. The molecule has 1 heterocycles. The van der Waals surface area contributed by atoms with Crippen molar-refractivity contribution in [1.82, 2.24) is 5.06 Å². The van der Waals surface area contributed by atoms with E-state index in [2.05, 4.69) is 0 Å². The van der Waals surface area contributed by atoms with Gasteiger partial charge in [0.1, 0.15) is 0 Å². The van der Waals surface area contributed by atoms with E-state index in [9.17, 15) is 14.4 Å². The summed E-state index contributed by atoms with van der Waals surface area (Å²) in [6, 6.07) is 6.42. The monoisotopic (exact) mass is 271 g/mol. The van der Waals surface area contributed by atoms with Crippen molar-refractivity contribution in [3.8, 4) is 0 Å². The van der Waals surface area contributed by atoms with Gasteiger partial charge in [-0.25, -0.2) is 4.79 Å². The van der Waals surface area contributed by atoms with Crippen molar-refractivity contribution in [3.05, 3.63) is 47.0 Å². The quantitative estimate of drug-likeness (QED) is 0.774. The summed E-state index contributed by atoms with van der Waals surface area (Å²) >= 11 is 0. The molecule has 2 aliphatic rings. The van der Waals surface area contributed by atoms with Gasteiger partial charge in [0.05, 0.1) is 11.1 Å². The van der Waals surface area contributed by atoms with Crippen LogP contribution < -0.4 is 0 Å². The predicted octanol–water partition coefficient (Wildman–Crippen LogP) is 2.24. The third kappa shape index (κ3) is 2.01. The van der Waals surface area contributed by atoms with Gasteiger partial charge in [0.15, 0.2) is 0 Å². The highest BCUT2D eigenvalue weighted by Gasteiger charge is 2.39. The van der Waals surface area contributed by atoms with E-state index >= 15 is 0 Å². The second-order valence-corrected chi connectivity index (χ2v) is 4.80. The van der Waals surface area contributed by atoms with Gasteiger partial charge in [0.25, 0.3) is 11.8 Å². The standard InChI is InChI=1S/C15H13NO4/c17-13-11-8-4-5-9-12(11)14(18)16(13)20-15(19)10-6-2-1-3-7-10/h4-6,8-9H,1-3,7H2. The molecule has 20 heavy (non-hydrogen) atoms. The summed E-state index contributed by atoms with van der Waals surface area (Å²) in [6.45, 7) is 0. The Morgan fingerprint density at radius 2 is 1.70 bits per heavy atom. The first-order chi connectivity index (χ1) is 9.68. The molecule has 5 nitrogen and oxygen atoms in total. The second-order valence-electron chi connectivity index (χ2n) is 4.80. The Hall–Kier alpha value is -2.43. The van der Waals surface area contributed by atoms with Crippen molar-refractivity contribution < 1.29 is 19.2 Å². The topological polar surface area (TPSA) is 63.7 Å². The van der Waals surface area contributed by atoms with Gasteiger partial charge in [0.2, 0.25) is 0 Å². The maximum absolute atomic E-state index is 12.0. The van der Waals surface area contributed by atoms with Crippen LogP contribution in [0.1, 0.15) is 46.4 Å². The Bertz CT molecular complexity index is 598. The number of imide groups is 1. The number of hydrogen-bond donors (Lipinski definition) is 0. The summed E-state index contributed by atoms with van der Waals surface area (Å²) in [6.07, 6.45) is 5.23. The lowest BCUT2D eigenvalue weighted by Crippen LogP contribution is -2.33. The molecule has 0 fully saturated rings. The molecule has 1 aromatic carbocycles. The van der Waals surface area contributed by atoms with Gasteiger partial charge in [-0.05, 0) is 37.8 Å². The first-order valence-electron chi connectivity index (χ1n) is 6.57. The number of nitrogens with zero attached hydrogens (tertiary/aromatic N) is 1. The Morgan fingerprint density at radius 1 is 1.05 bits per heavy atom. The zero-order valence-electron chi connectivity index (χ0n) is 10.8. The minimum absolute atomic E-state index is 0.267. The lowest BCUT2D eigenvalue weighted by atomic mass is 10.00. The fraction of sp³-hybridized carbons (Fsp3) is 0.267. The normalized spacial score (nSPS) is 17.8. The molecule has 1 aromatic rings. The van der Waals surface area contributed by atoms with Crippen molar-refractivity contribution in [2.75, 3.05) is 0 Å². The summed E-state index contributed by atoms with van der Waals surface area (Å²) in [5.74, 6) is -1.79. The van der Waals surface area contributed by atoms with Crippen LogP contribution in [0.15, 0.2) is 35.9 Å². The van der Waals surface area contributed by atoms with Gasteiger partial charge >= 0.3 is 5.97 Å². The molecule has 0 aromatic heterocycles. The van der Waals surface area contributed by atoms with Crippen molar-refractivity contribution >= 4 is 17.8 Å². The average Bonchev–Trinajstić information content (AvgIpc) is 2.74. The molecule has 0 N–H and O–H groups in total. The molecule has 0 radical (unpaired) electrons. The van der Waals surface area contributed by atoms with Crippen LogP contribution in [0.4, 0.5) is 0 Å². The van der Waals surface area contributed by atoms with Crippen LogP contribution in [0, 0.1) is 0 Å². The van der Waals surface area contributed by atoms with Crippen LogP contribution in [0.5, 0.6) is 0 Å². The lowest BCUT2D eigenvalue weighted by Gasteiger charge is -2.16. The molecule has 0 saturated heterocycles. The number of rotatable bonds is 2. The summed E-state index contributed by atoms with van der Waals surface area (Å²) in [4.78, 5) is 41.0. The number of fused-ring (bicyclic) bond motifs is 1.